The maximum Gasteiger partial charge on any atom is 0.173 e. The van der Waals surface area contributed by atoms with Gasteiger partial charge in [0.05, 0.1) is 11.4 Å². The lowest BCUT2D eigenvalue weighted by molar-refractivity contribution is 0.102. The Hall–Kier alpha value is -2.54. The monoisotopic (exact) mass is 368 g/mol. The van der Waals surface area contributed by atoms with Gasteiger partial charge in [-0.2, -0.15) is 5.10 Å². The van der Waals surface area contributed by atoms with Crippen LogP contribution in [0, 0.1) is 12.7 Å². The molecule has 1 aromatic carbocycles. The first-order valence-corrected chi connectivity index (χ1v) is 9.42. The Morgan fingerprint density at radius 3 is 2.85 bits per heavy atom. The van der Waals surface area contributed by atoms with Crippen molar-refractivity contribution in [2.75, 3.05) is 5.75 Å². The second-order valence-electron chi connectivity index (χ2n) is 6.21. The number of thioether (sulfide) groups is 1. The van der Waals surface area contributed by atoms with Crippen LogP contribution in [0.5, 0.6) is 0 Å². The Labute approximate surface area is 154 Å². The van der Waals surface area contributed by atoms with Crippen LogP contribution in [0.4, 0.5) is 4.39 Å². The number of rotatable bonds is 5. The van der Waals surface area contributed by atoms with E-state index in [4.69, 9.17) is 0 Å². The Kier molecular flexibility index (Phi) is 4.55. The highest BCUT2D eigenvalue weighted by Gasteiger charge is 2.21. The molecule has 26 heavy (non-hydrogen) atoms. The van der Waals surface area contributed by atoms with Gasteiger partial charge in [0.2, 0.25) is 0 Å². The number of benzene rings is 1. The van der Waals surface area contributed by atoms with Crippen LogP contribution in [0.15, 0.2) is 41.7 Å². The van der Waals surface area contributed by atoms with Gasteiger partial charge < -0.3 is 0 Å². The average molecular weight is 368 g/mol. The van der Waals surface area contributed by atoms with E-state index in [9.17, 15) is 9.18 Å². The Morgan fingerprint density at radius 2 is 2.04 bits per heavy atom. The predicted molar refractivity (Wildman–Crippen MR) is 97.4 cm³/mol. The minimum atomic E-state index is -0.350. The number of carbonyl (C=O) groups excluding carboxylic acids is 1. The molecule has 0 unspecified atom stereocenters. The van der Waals surface area contributed by atoms with Gasteiger partial charge in [-0.05, 0) is 56.0 Å². The third-order valence-electron chi connectivity index (χ3n) is 4.49. The number of aromatic nitrogens is 4. The molecule has 0 spiro atoms. The van der Waals surface area contributed by atoms with Crippen LogP contribution in [-0.4, -0.2) is 31.3 Å². The summed E-state index contributed by atoms with van der Waals surface area (Å²) in [6.07, 6.45) is 4.72. The molecule has 0 radical (unpaired) electrons. The van der Waals surface area contributed by atoms with Crippen molar-refractivity contribution in [3.8, 4) is 5.82 Å². The van der Waals surface area contributed by atoms with E-state index in [-0.39, 0.29) is 17.4 Å². The second kappa shape index (κ2) is 6.99. The SMILES string of the molecule is Cc1nn(-c2cc(SCC(=O)c3ccc(F)cc3)ncn2)c2c1CCC2. The molecule has 3 aromatic rings. The number of hydrogen-bond acceptors (Lipinski definition) is 5. The van der Waals surface area contributed by atoms with Gasteiger partial charge in [0.15, 0.2) is 11.6 Å². The molecule has 1 aliphatic carbocycles. The number of aryl methyl sites for hydroxylation is 1. The molecule has 0 aliphatic heterocycles. The first-order valence-electron chi connectivity index (χ1n) is 8.43. The van der Waals surface area contributed by atoms with Crippen molar-refractivity contribution in [1.82, 2.24) is 19.7 Å². The largest absolute Gasteiger partial charge is 0.293 e. The smallest absolute Gasteiger partial charge is 0.173 e. The summed E-state index contributed by atoms with van der Waals surface area (Å²) in [5.41, 5.74) is 4.09. The van der Waals surface area contributed by atoms with Gasteiger partial charge in [-0.15, -0.1) is 0 Å². The number of hydrogen-bond donors (Lipinski definition) is 0. The molecular weight excluding hydrogens is 351 g/mol. The second-order valence-corrected chi connectivity index (χ2v) is 7.20. The van der Waals surface area contributed by atoms with E-state index in [2.05, 4.69) is 15.1 Å². The first-order chi connectivity index (χ1) is 12.6. The van der Waals surface area contributed by atoms with Crippen molar-refractivity contribution in [3.05, 3.63) is 65.0 Å². The minimum Gasteiger partial charge on any atom is -0.293 e. The molecule has 0 amide bonds. The number of nitrogens with zero attached hydrogens (tertiary/aromatic N) is 4. The molecule has 0 atom stereocenters. The lowest BCUT2D eigenvalue weighted by atomic mass is 10.1. The summed E-state index contributed by atoms with van der Waals surface area (Å²) in [5, 5.41) is 5.32. The fourth-order valence-electron chi connectivity index (χ4n) is 3.19. The van der Waals surface area contributed by atoms with Crippen LogP contribution >= 0.6 is 11.8 Å². The normalized spacial score (nSPS) is 13.0. The van der Waals surface area contributed by atoms with Crippen LogP contribution < -0.4 is 0 Å². The van der Waals surface area contributed by atoms with E-state index in [0.717, 1.165) is 30.8 Å². The molecule has 0 N–H and O–H groups in total. The molecule has 1 aliphatic rings. The lowest BCUT2D eigenvalue weighted by Crippen LogP contribution is -2.06. The molecule has 0 bridgehead atoms. The lowest BCUT2D eigenvalue weighted by Gasteiger charge is -2.06. The minimum absolute atomic E-state index is 0.0639. The van der Waals surface area contributed by atoms with Crippen molar-refractivity contribution in [3.63, 3.8) is 0 Å². The van der Waals surface area contributed by atoms with Crippen LogP contribution in [-0.2, 0) is 12.8 Å². The van der Waals surface area contributed by atoms with Crippen molar-refractivity contribution in [2.45, 2.75) is 31.2 Å². The topological polar surface area (TPSA) is 60.7 Å². The fourth-order valence-corrected chi connectivity index (χ4v) is 3.95. The van der Waals surface area contributed by atoms with Gasteiger partial charge in [-0.3, -0.25) is 4.79 Å². The van der Waals surface area contributed by atoms with E-state index in [1.165, 1.54) is 53.6 Å². The van der Waals surface area contributed by atoms with Crippen LogP contribution in [0.1, 0.15) is 33.7 Å². The summed E-state index contributed by atoms with van der Waals surface area (Å²) < 4.78 is 14.9. The zero-order valence-electron chi connectivity index (χ0n) is 14.3. The van der Waals surface area contributed by atoms with Gasteiger partial charge in [0, 0.05) is 17.3 Å². The standard InChI is InChI=1S/C19H17FN4OS/c1-12-15-3-2-4-16(15)24(23-12)18-9-19(22-11-21-18)26-10-17(25)13-5-7-14(20)8-6-13/h5-9,11H,2-4,10H2,1H3. The third-order valence-corrected chi connectivity index (χ3v) is 5.42. The van der Waals surface area contributed by atoms with Gasteiger partial charge in [-0.25, -0.2) is 19.0 Å². The summed E-state index contributed by atoms with van der Waals surface area (Å²) in [5.74, 6) is 0.545. The Morgan fingerprint density at radius 1 is 1.23 bits per heavy atom. The van der Waals surface area contributed by atoms with E-state index < -0.39 is 0 Å². The van der Waals surface area contributed by atoms with Gasteiger partial charge in [0.1, 0.15) is 17.2 Å². The molecule has 2 aromatic heterocycles. The number of halogens is 1. The van der Waals surface area contributed by atoms with Crippen molar-refractivity contribution < 1.29 is 9.18 Å². The molecule has 5 nitrogen and oxygen atoms in total. The Balaban J connectivity index is 1.51. The Bertz CT molecular complexity index is 968. The zero-order valence-corrected chi connectivity index (χ0v) is 15.1. The quantitative estimate of drug-likeness (QED) is 0.391. The zero-order chi connectivity index (χ0) is 18.1. The number of Topliss-reactive ketones (excluding diaryl/α,β-unsaturated/α-hetero) is 1. The summed E-state index contributed by atoms with van der Waals surface area (Å²) >= 11 is 1.34. The molecular formula is C19H17FN4OS. The number of ketones is 1. The molecule has 0 fully saturated rings. The predicted octanol–water partition coefficient (Wildman–Crippen LogP) is 3.57. The van der Waals surface area contributed by atoms with Gasteiger partial charge >= 0.3 is 0 Å². The summed E-state index contributed by atoms with van der Waals surface area (Å²) in [4.78, 5) is 20.8. The van der Waals surface area contributed by atoms with Crippen molar-refractivity contribution >= 4 is 17.5 Å². The molecule has 0 saturated carbocycles. The van der Waals surface area contributed by atoms with E-state index in [1.54, 1.807) is 0 Å². The summed E-state index contributed by atoms with van der Waals surface area (Å²) in [6, 6.07) is 7.44. The fraction of sp³-hybridized carbons (Fsp3) is 0.263. The van der Waals surface area contributed by atoms with E-state index in [1.807, 2.05) is 17.7 Å². The third kappa shape index (κ3) is 3.26. The van der Waals surface area contributed by atoms with Crippen molar-refractivity contribution in [2.24, 2.45) is 0 Å². The van der Waals surface area contributed by atoms with Crippen LogP contribution in [0.3, 0.4) is 0 Å². The van der Waals surface area contributed by atoms with E-state index >= 15 is 0 Å². The number of fused-ring (bicyclic) bond motifs is 1. The highest BCUT2D eigenvalue weighted by atomic mass is 32.2. The maximum atomic E-state index is 13.0. The summed E-state index contributed by atoms with van der Waals surface area (Å²) in [6.45, 7) is 2.03. The first kappa shape index (κ1) is 16.9. The van der Waals surface area contributed by atoms with Crippen molar-refractivity contribution in [1.29, 1.82) is 0 Å². The van der Waals surface area contributed by atoms with E-state index in [0.29, 0.717) is 10.6 Å². The molecule has 2 heterocycles. The van der Waals surface area contributed by atoms with Gasteiger partial charge in [-0.1, -0.05) is 11.8 Å². The maximum absolute atomic E-state index is 13.0. The van der Waals surface area contributed by atoms with Crippen LogP contribution in [0.25, 0.3) is 5.82 Å². The van der Waals surface area contributed by atoms with Gasteiger partial charge in [0.25, 0.3) is 0 Å². The van der Waals surface area contributed by atoms with Crippen LogP contribution in [0.2, 0.25) is 0 Å². The molecule has 132 valence electrons. The number of carbonyl (C=O) groups is 1. The highest BCUT2D eigenvalue weighted by Crippen LogP contribution is 2.27. The highest BCUT2D eigenvalue weighted by molar-refractivity contribution is 7.99. The average Bonchev–Trinajstić information content (AvgIpc) is 3.25. The molecule has 7 heteroatoms. The molecule has 0 saturated heterocycles. The molecule has 4 rings (SSSR count). The summed E-state index contributed by atoms with van der Waals surface area (Å²) in [7, 11) is 0.